The van der Waals surface area contributed by atoms with E-state index in [0.29, 0.717) is 6.42 Å². The Morgan fingerprint density at radius 3 is 1.38 bits per heavy atom. The molecule has 1 heterocycles. The lowest BCUT2D eigenvalue weighted by Gasteiger charge is -2.41. The van der Waals surface area contributed by atoms with Crippen molar-refractivity contribution in [2.45, 2.75) is 229 Å². The van der Waals surface area contributed by atoms with Crippen molar-refractivity contribution < 1.29 is 57.8 Å². The predicted molar refractivity (Wildman–Crippen MR) is 329 cm³/mol. The minimum atomic E-state index is -1.53. The van der Waals surface area contributed by atoms with E-state index in [2.05, 4.69) is 21.3 Å². The van der Waals surface area contributed by atoms with Gasteiger partial charge in [0.05, 0.1) is 12.1 Å². The van der Waals surface area contributed by atoms with Crippen LogP contribution in [-0.4, -0.2) is 226 Å². The number of nitrogens with one attached hydrogen (secondary N) is 4. The average molecular weight is 1200 g/mol. The second-order valence-electron chi connectivity index (χ2n) is 26.4. The molecule has 1 saturated heterocycles. The van der Waals surface area contributed by atoms with Crippen molar-refractivity contribution in [2.75, 3.05) is 55.9 Å². The molecule has 486 valence electrons. The fraction of sp³-hybridized carbons (Fsp3) is 0.790. The minimum absolute atomic E-state index is 0.0737. The molecule has 0 spiro atoms. The average Bonchev–Trinajstić information content (AvgIpc) is 3.07. The first-order valence-corrected chi connectivity index (χ1v) is 30.5. The molecule has 0 aromatic heterocycles. The van der Waals surface area contributed by atoms with E-state index in [1.54, 1.807) is 34.6 Å². The number of allylic oxidation sites excluding steroid dienone is 2. The van der Waals surface area contributed by atoms with E-state index < -0.39 is 149 Å². The van der Waals surface area contributed by atoms with E-state index in [0.717, 1.165) is 9.80 Å². The van der Waals surface area contributed by atoms with Gasteiger partial charge in [0, 0.05) is 55.8 Å². The molecule has 0 bridgehead atoms. The van der Waals surface area contributed by atoms with Crippen LogP contribution in [0.15, 0.2) is 12.2 Å². The van der Waals surface area contributed by atoms with Crippen molar-refractivity contribution in [3.05, 3.63) is 12.2 Å². The van der Waals surface area contributed by atoms with Crippen LogP contribution >= 0.6 is 0 Å². The molecule has 1 aliphatic heterocycles. The summed E-state index contributed by atoms with van der Waals surface area (Å²) in [6.45, 7) is 28.8. The van der Waals surface area contributed by atoms with Crippen molar-refractivity contribution in [2.24, 2.45) is 35.5 Å². The third-order valence-electron chi connectivity index (χ3n) is 15.9. The normalized spacial score (nSPS) is 26.7. The van der Waals surface area contributed by atoms with E-state index in [1.165, 1.54) is 102 Å². The summed E-state index contributed by atoms with van der Waals surface area (Å²) in [6, 6.07) is -12.0. The Kier molecular flexibility index (Phi) is 31.0. The number of nitrogens with zero attached hydrogens (tertiary/aromatic N) is 7. The molecule has 1 fully saturated rings. The van der Waals surface area contributed by atoms with E-state index in [1.807, 2.05) is 67.5 Å². The van der Waals surface area contributed by atoms with Gasteiger partial charge in [-0.1, -0.05) is 95.2 Å². The summed E-state index contributed by atoms with van der Waals surface area (Å²) in [5.74, 6) is -8.90. The SMILES string of the molecule is C/C=C/C[C@@H](C)C[C@H]1C(=O)N[C@@H](CC)C(=O)N(C)CC(=O)N(C)[C@@H](CC(C)(C)O)C(=O)N[C@H](C(C)C)C(=O)N(C)[C@H](CC(C)C)C(=O)N[C@H](C)C(=O)N[C@@H](C)C(=O)N(C)[C@@H](CC(C)C)C(=O)N(C)[C@@H](CC(C)C)C(=O)N(C)[C@@H](C(C)C)C(=O)N1C. The standard InChI is InChI=1S/C62H111N11O12/c1-25-27-28-40(13)32-45-54(77)65-43(26-2)57(80)67(18)34-49(74)68(19)48(33-62(16,17)85)55(78)66-50(38(9)10)60(83)69(20)44(29-35(3)4)53(76)63-41(14)52(75)64-42(15)56(79)71(22)46(30-36(5)6)58(81)72(23)47(31-37(7)8)59(82)73(24)51(39(11)12)61(84)70(45)21/h25,27,35-48,50-51,85H,26,28-34H2,1-24H3,(H,63,76)(H,64,75)(H,65,77)(H,66,78)/b27-25+/t40-,41-,42+,43+,44-,45+,46+,47+,48+,50-,51+/m1/s1. The Morgan fingerprint density at radius 2 is 0.918 bits per heavy atom. The number of aliphatic hydroxyl groups is 1. The molecule has 0 aliphatic carbocycles. The molecule has 1 aliphatic rings. The summed E-state index contributed by atoms with van der Waals surface area (Å²) in [5, 5.41) is 22.1. The fourth-order valence-electron chi connectivity index (χ4n) is 10.6. The van der Waals surface area contributed by atoms with Crippen molar-refractivity contribution in [3.63, 3.8) is 0 Å². The lowest BCUT2D eigenvalue weighted by Crippen LogP contribution is -2.61. The third-order valence-corrected chi connectivity index (χ3v) is 15.9. The van der Waals surface area contributed by atoms with Gasteiger partial charge >= 0.3 is 0 Å². The van der Waals surface area contributed by atoms with Gasteiger partial charge in [-0.2, -0.15) is 0 Å². The first-order chi connectivity index (χ1) is 39.1. The summed E-state index contributed by atoms with van der Waals surface area (Å²) in [5.41, 5.74) is -1.53. The molecule has 23 heteroatoms. The maximum atomic E-state index is 15.1. The Bertz CT molecular complexity index is 2340. The van der Waals surface area contributed by atoms with Crippen LogP contribution in [-0.2, 0) is 52.7 Å². The lowest BCUT2D eigenvalue weighted by molar-refractivity contribution is -0.156. The maximum absolute atomic E-state index is 15.1. The third kappa shape index (κ3) is 22.6. The molecule has 11 amide bonds. The van der Waals surface area contributed by atoms with Crippen LogP contribution in [0, 0.1) is 35.5 Å². The molecular formula is C62H111N11O12. The van der Waals surface area contributed by atoms with Crippen LogP contribution in [0.5, 0.6) is 0 Å². The Hall–Kier alpha value is -6.13. The second-order valence-corrected chi connectivity index (χ2v) is 26.4. The highest BCUT2D eigenvalue weighted by Crippen LogP contribution is 2.25. The van der Waals surface area contributed by atoms with Crippen molar-refractivity contribution >= 4 is 65.0 Å². The molecule has 0 unspecified atom stereocenters. The molecule has 0 aromatic rings. The molecule has 1 rings (SSSR count). The highest BCUT2D eigenvalue weighted by molar-refractivity contribution is 5.99. The first kappa shape index (κ1) is 76.9. The molecule has 11 atom stereocenters. The molecule has 0 aromatic carbocycles. The van der Waals surface area contributed by atoms with Gasteiger partial charge in [0.2, 0.25) is 65.0 Å². The van der Waals surface area contributed by atoms with E-state index in [9.17, 15) is 48.3 Å². The van der Waals surface area contributed by atoms with E-state index in [4.69, 9.17) is 0 Å². The quantitative estimate of drug-likeness (QED) is 0.148. The van der Waals surface area contributed by atoms with Gasteiger partial charge in [0.1, 0.15) is 60.4 Å². The van der Waals surface area contributed by atoms with E-state index in [-0.39, 0.29) is 62.2 Å². The van der Waals surface area contributed by atoms with Crippen molar-refractivity contribution in [3.8, 4) is 0 Å². The van der Waals surface area contributed by atoms with Gasteiger partial charge in [-0.05, 0) is 109 Å². The highest BCUT2D eigenvalue weighted by Gasteiger charge is 2.44. The number of carbonyl (C=O) groups excluding carboxylic acids is 11. The number of hydrogen-bond acceptors (Lipinski definition) is 12. The van der Waals surface area contributed by atoms with Gasteiger partial charge in [-0.3, -0.25) is 52.7 Å². The van der Waals surface area contributed by atoms with Crippen LogP contribution < -0.4 is 21.3 Å². The summed E-state index contributed by atoms with van der Waals surface area (Å²) < 4.78 is 0. The zero-order valence-electron chi connectivity index (χ0n) is 56.1. The number of amides is 11. The molecule has 23 nitrogen and oxygen atoms in total. The summed E-state index contributed by atoms with van der Waals surface area (Å²) in [6.07, 6.45) is 4.79. The highest BCUT2D eigenvalue weighted by atomic mass is 16.3. The van der Waals surface area contributed by atoms with Crippen molar-refractivity contribution in [1.82, 2.24) is 55.6 Å². The number of rotatable bonds is 15. The first-order valence-electron chi connectivity index (χ1n) is 30.5. The molecule has 85 heavy (non-hydrogen) atoms. The molecular weight excluding hydrogens is 1090 g/mol. The van der Waals surface area contributed by atoms with Crippen LogP contribution in [0.2, 0.25) is 0 Å². The number of carbonyl (C=O) groups is 11. The maximum Gasteiger partial charge on any atom is 0.246 e. The summed E-state index contributed by atoms with van der Waals surface area (Å²) in [7, 11) is 10.0. The molecule has 0 saturated carbocycles. The Balaban J connectivity index is 4.30. The van der Waals surface area contributed by atoms with Crippen LogP contribution in [0.3, 0.4) is 0 Å². The van der Waals surface area contributed by atoms with Crippen LogP contribution in [0.25, 0.3) is 0 Å². The topological polar surface area (TPSA) is 279 Å². The van der Waals surface area contributed by atoms with E-state index >= 15 is 9.59 Å². The zero-order chi connectivity index (χ0) is 66.0. The molecule has 0 radical (unpaired) electrons. The smallest absolute Gasteiger partial charge is 0.246 e. The molecule has 5 N–H and O–H groups in total. The summed E-state index contributed by atoms with van der Waals surface area (Å²) >= 11 is 0. The van der Waals surface area contributed by atoms with Gasteiger partial charge in [0.25, 0.3) is 0 Å². The Morgan fingerprint density at radius 1 is 0.494 bits per heavy atom. The number of hydrogen-bond donors (Lipinski definition) is 5. The van der Waals surface area contributed by atoms with Crippen LogP contribution in [0.4, 0.5) is 0 Å². The predicted octanol–water partition coefficient (Wildman–Crippen LogP) is 3.41. The summed E-state index contributed by atoms with van der Waals surface area (Å²) in [4.78, 5) is 169. The largest absolute Gasteiger partial charge is 0.390 e. The monoisotopic (exact) mass is 1200 g/mol. The second kappa shape index (κ2) is 34.3. The van der Waals surface area contributed by atoms with Crippen molar-refractivity contribution in [1.29, 1.82) is 0 Å². The van der Waals surface area contributed by atoms with Gasteiger partial charge in [-0.15, -0.1) is 0 Å². The lowest BCUT2D eigenvalue weighted by atomic mass is 9.93. The fourth-order valence-corrected chi connectivity index (χ4v) is 10.6. The van der Waals surface area contributed by atoms with Gasteiger partial charge < -0.3 is 60.7 Å². The zero-order valence-corrected chi connectivity index (χ0v) is 56.1. The van der Waals surface area contributed by atoms with Crippen LogP contribution in [0.1, 0.15) is 163 Å². The number of likely N-dealkylation sites (N-methyl/N-ethyl adjacent to an activating group) is 7. The minimum Gasteiger partial charge on any atom is -0.390 e. The van der Waals surface area contributed by atoms with Gasteiger partial charge in [0.15, 0.2) is 0 Å². The van der Waals surface area contributed by atoms with Gasteiger partial charge in [-0.25, -0.2) is 0 Å². The Labute approximate surface area is 508 Å².